The fraction of sp³-hybridized carbons (Fsp3) is 0.0652. The number of rotatable bonds is 8. The largest absolute Gasteiger partial charge is 0.355 e. The average Bonchev–Trinajstić information content (AvgIpc) is 3.75. The van der Waals surface area contributed by atoms with Crippen molar-refractivity contribution >= 4 is 33.2 Å². The van der Waals surface area contributed by atoms with Crippen LogP contribution in [-0.4, -0.2) is 19.7 Å². The summed E-state index contributed by atoms with van der Waals surface area (Å²) < 4.78 is 2.34. The van der Waals surface area contributed by atoms with Gasteiger partial charge in [-0.2, -0.15) is 15.3 Å². The van der Waals surface area contributed by atoms with Crippen molar-refractivity contribution in [3.05, 3.63) is 198 Å². The van der Waals surface area contributed by atoms with Crippen molar-refractivity contribution in [2.75, 3.05) is 5.32 Å². The molecule has 8 aromatic rings. The van der Waals surface area contributed by atoms with Gasteiger partial charge >= 0.3 is 0 Å². The van der Waals surface area contributed by atoms with Crippen LogP contribution in [-0.2, 0) is 6.54 Å². The van der Waals surface area contributed by atoms with E-state index >= 15 is 0 Å². The van der Waals surface area contributed by atoms with Crippen LogP contribution in [0.5, 0.6) is 0 Å². The minimum absolute atomic E-state index is 0.171. The molecule has 0 bridgehead atoms. The lowest BCUT2D eigenvalue weighted by molar-refractivity contribution is -0.191. The predicted octanol–water partition coefficient (Wildman–Crippen LogP) is 10.7. The van der Waals surface area contributed by atoms with E-state index in [2.05, 4.69) is 189 Å². The quantitative estimate of drug-likeness (QED) is 0.163. The van der Waals surface area contributed by atoms with Gasteiger partial charge in [0.2, 0.25) is 0 Å². The maximum atomic E-state index is 9.80. The van der Waals surface area contributed by atoms with E-state index in [1.807, 2.05) is 18.2 Å². The lowest BCUT2D eigenvalue weighted by Crippen LogP contribution is -2.48. The number of benzene rings is 7. The van der Waals surface area contributed by atoms with E-state index in [0.717, 1.165) is 51.2 Å². The molecule has 0 radical (unpaired) electrons. The van der Waals surface area contributed by atoms with Gasteiger partial charge in [-0.25, -0.2) is 0 Å². The molecular formula is C46H34N6. The maximum absolute atomic E-state index is 9.80. The number of nitriles is 1. The lowest BCUT2D eigenvalue weighted by atomic mass is 9.98. The summed E-state index contributed by atoms with van der Waals surface area (Å²) in [6, 6.07) is 64.2. The molecule has 248 valence electrons. The monoisotopic (exact) mass is 670 g/mol. The van der Waals surface area contributed by atoms with Gasteiger partial charge in [-0.15, -0.1) is 5.12 Å². The first kappa shape index (κ1) is 30.3. The Labute approximate surface area is 302 Å². The summed E-state index contributed by atoms with van der Waals surface area (Å²) in [5, 5.41) is 23.3. The first-order chi connectivity index (χ1) is 25.7. The Bertz CT molecular complexity index is 2630. The molecule has 1 N–H and O–H groups in total. The second-order valence-corrected chi connectivity index (χ2v) is 13.5. The van der Waals surface area contributed by atoms with Crippen LogP contribution in [0.3, 0.4) is 0 Å². The number of anilines is 2. The summed E-state index contributed by atoms with van der Waals surface area (Å²) >= 11 is 0. The summed E-state index contributed by atoms with van der Waals surface area (Å²) in [5.74, 6) is 0. The standard InChI is InChI=1S/C46H34N6/c47-30-32-14-12-20-36(26-32)40-28-41-39-24-10-11-25-43(39)50(38-22-8-3-9-23-38)44(41)29-42(40)48-37-21-13-15-33(27-37)31-49-45(34-16-4-1-5-17-34)51-46(52(49)51)35-18-6-2-7-19-35/h1-29,45-46,48H,31H2/t45?,46?,51-,52?/m1/s1. The fourth-order valence-corrected chi connectivity index (χ4v) is 7.97. The molecule has 0 amide bonds. The van der Waals surface area contributed by atoms with Crippen molar-refractivity contribution in [3.63, 3.8) is 0 Å². The molecule has 3 heterocycles. The van der Waals surface area contributed by atoms with Gasteiger partial charge in [0.25, 0.3) is 0 Å². The minimum atomic E-state index is 0.171. The molecule has 4 atom stereocenters. The second kappa shape index (κ2) is 12.4. The zero-order chi connectivity index (χ0) is 34.6. The van der Waals surface area contributed by atoms with Gasteiger partial charge in [0.05, 0.1) is 22.7 Å². The third kappa shape index (κ3) is 5.07. The molecule has 6 nitrogen and oxygen atoms in total. The van der Waals surface area contributed by atoms with Gasteiger partial charge in [0, 0.05) is 39.9 Å². The number of hydrazine groups is 2. The zero-order valence-corrected chi connectivity index (χ0v) is 28.3. The van der Waals surface area contributed by atoms with Crippen LogP contribution < -0.4 is 5.32 Å². The van der Waals surface area contributed by atoms with Crippen LogP contribution in [0.4, 0.5) is 11.4 Å². The van der Waals surface area contributed by atoms with Crippen molar-refractivity contribution in [1.82, 2.24) is 19.7 Å². The van der Waals surface area contributed by atoms with E-state index in [9.17, 15) is 5.26 Å². The highest BCUT2D eigenvalue weighted by molar-refractivity contribution is 6.12. The van der Waals surface area contributed by atoms with Gasteiger partial charge in [-0.05, 0) is 76.9 Å². The predicted molar refractivity (Wildman–Crippen MR) is 208 cm³/mol. The van der Waals surface area contributed by atoms with Crippen LogP contribution in [0.2, 0.25) is 0 Å². The third-order valence-corrected chi connectivity index (χ3v) is 10.3. The van der Waals surface area contributed by atoms with Crippen LogP contribution in [0.1, 0.15) is 34.6 Å². The molecular weight excluding hydrogens is 637 g/mol. The van der Waals surface area contributed by atoms with Crippen molar-refractivity contribution in [3.8, 4) is 22.9 Å². The molecule has 2 aliphatic rings. The SMILES string of the molecule is N#Cc1cccc(-c2cc3c4ccccc4n(-c4ccccc4)c3cc2Nc2cccc(CN3C(c4ccccc4)[N@]4C(c5ccccc5)N34)c2)c1. The van der Waals surface area contributed by atoms with E-state index in [0.29, 0.717) is 5.56 Å². The van der Waals surface area contributed by atoms with E-state index in [1.165, 1.54) is 22.1 Å². The first-order valence-corrected chi connectivity index (χ1v) is 17.7. The van der Waals surface area contributed by atoms with E-state index < -0.39 is 0 Å². The molecule has 0 saturated carbocycles. The summed E-state index contributed by atoms with van der Waals surface area (Å²) in [6.45, 7) is 0.771. The molecule has 2 saturated heterocycles. The zero-order valence-electron chi connectivity index (χ0n) is 28.3. The number of hydrogen-bond donors (Lipinski definition) is 1. The molecule has 0 aliphatic carbocycles. The molecule has 2 aliphatic heterocycles. The Morgan fingerprint density at radius 3 is 2.04 bits per heavy atom. The van der Waals surface area contributed by atoms with Crippen LogP contribution in [0, 0.1) is 11.3 Å². The first-order valence-electron chi connectivity index (χ1n) is 17.7. The Kier molecular flexibility index (Phi) is 7.22. The molecule has 10 rings (SSSR count). The smallest absolute Gasteiger partial charge is 0.134 e. The molecule has 7 aromatic carbocycles. The Hall–Kier alpha value is -6.49. The summed E-state index contributed by atoms with van der Waals surface area (Å²) in [6.07, 6.45) is 0.409. The highest BCUT2D eigenvalue weighted by atomic mass is 16.2. The highest BCUT2D eigenvalue weighted by Gasteiger charge is 2.65. The van der Waals surface area contributed by atoms with Crippen LogP contribution in [0.15, 0.2) is 176 Å². The van der Waals surface area contributed by atoms with Crippen molar-refractivity contribution < 1.29 is 0 Å². The molecule has 6 heteroatoms. The summed E-state index contributed by atoms with van der Waals surface area (Å²) in [5.41, 5.74) is 11.9. The molecule has 0 spiro atoms. The fourth-order valence-electron chi connectivity index (χ4n) is 7.97. The number of nitrogens with zero attached hydrogens (tertiary/aromatic N) is 5. The van der Waals surface area contributed by atoms with Gasteiger partial charge in [0.1, 0.15) is 12.3 Å². The molecule has 2 fully saturated rings. The number of nitrogens with one attached hydrogen (secondary N) is 1. The van der Waals surface area contributed by atoms with Gasteiger partial charge in [-0.3, -0.25) is 0 Å². The van der Waals surface area contributed by atoms with E-state index in [4.69, 9.17) is 0 Å². The highest BCUT2D eigenvalue weighted by Crippen LogP contribution is 2.60. The third-order valence-electron chi connectivity index (χ3n) is 10.3. The Balaban J connectivity index is 1.05. The number of hydrogen-bond acceptors (Lipinski definition) is 5. The molecule has 1 aromatic heterocycles. The van der Waals surface area contributed by atoms with Crippen molar-refractivity contribution in [2.24, 2.45) is 0 Å². The number of para-hydroxylation sites is 2. The normalized spacial score (nSPS) is 19.1. The Morgan fingerprint density at radius 1 is 0.577 bits per heavy atom. The second-order valence-electron chi connectivity index (χ2n) is 13.5. The van der Waals surface area contributed by atoms with Crippen molar-refractivity contribution in [1.29, 1.82) is 5.26 Å². The number of aromatic nitrogens is 1. The van der Waals surface area contributed by atoms with Gasteiger partial charge in [-0.1, -0.05) is 121 Å². The molecule has 3 unspecified atom stereocenters. The lowest BCUT2D eigenvalue weighted by Gasteiger charge is -2.41. The topological polar surface area (TPSA) is 50.0 Å². The average molecular weight is 671 g/mol. The molecule has 52 heavy (non-hydrogen) atoms. The van der Waals surface area contributed by atoms with Crippen LogP contribution >= 0.6 is 0 Å². The maximum Gasteiger partial charge on any atom is 0.134 e. The van der Waals surface area contributed by atoms with Crippen molar-refractivity contribution in [2.45, 2.75) is 18.9 Å². The van der Waals surface area contributed by atoms with E-state index in [-0.39, 0.29) is 12.3 Å². The number of fused-ring (bicyclic) bond motifs is 4. The van der Waals surface area contributed by atoms with Gasteiger partial charge in [0.15, 0.2) is 0 Å². The summed E-state index contributed by atoms with van der Waals surface area (Å²) in [4.78, 5) is 0. The van der Waals surface area contributed by atoms with Crippen LogP contribution in [0.25, 0.3) is 38.6 Å². The van der Waals surface area contributed by atoms with E-state index in [1.54, 1.807) is 0 Å². The Morgan fingerprint density at radius 2 is 1.27 bits per heavy atom. The van der Waals surface area contributed by atoms with Gasteiger partial charge < -0.3 is 9.88 Å². The summed E-state index contributed by atoms with van der Waals surface area (Å²) in [7, 11) is 0. The minimum Gasteiger partial charge on any atom is -0.355 e.